The predicted octanol–water partition coefficient (Wildman–Crippen LogP) is 2.34. The number of likely N-dealkylation sites (tertiary alicyclic amines) is 1. The van der Waals surface area contributed by atoms with Crippen LogP contribution >= 0.6 is 0 Å². The van der Waals surface area contributed by atoms with Crippen molar-refractivity contribution < 1.29 is 9.90 Å². The second-order valence-corrected chi connectivity index (χ2v) is 6.34. The van der Waals surface area contributed by atoms with Crippen molar-refractivity contribution in [3.05, 3.63) is 0 Å². The molecule has 1 fully saturated rings. The van der Waals surface area contributed by atoms with Crippen molar-refractivity contribution in [1.82, 2.24) is 10.2 Å². The van der Waals surface area contributed by atoms with Crippen LogP contribution in [0.1, 0.15) is 53.4 Å². The number of nitrogens with zero attached hydrogens (tertiary/aromatic N) is 1. The monoisotopic (exact) mass is 270 g/mol. The lowest BCUT2D eigenvalue weighted by Gasteiger charge is -2.32. The average molecular weight is 270 g/mol. The maximum Gasteiger partial charge on any atom is 0.323 e. The second kappa shape index (κ2) is 7.25. The highest BCUT2D eigenvalue weighted by Gasteiger charge is 2.36. The van der Waals surface area contributed by atoms with Gasteiger partial charge in [-0.25, -0.2) is 0 Å². The normalized spacial score (nSPS) is 23.7. The van der Waals surface area contributed by atoms with Gasteiger partial charge in [0.1, 0.15) is 5.54 Å². The lowest BCUT2D eigenvalue weighted by Crippen LogP contribution is -2.54. The maximum absolute atomic E-state index is 11.6. The minimum Gasteiger partial charge on any atom is -0.480 e. The van der Waals surface area contributed by atoms with E-state index in [0.29, 0.717) is 12.8 Å². The lowest BCUT2D eigenvalue weighted by molar-refractivity contribution is -0.145. The molecule has 19 heavy (non-hydrogen) atoms. The third-order valence-electron chi connectivity index (χ3n) is 4.16. The van der Waals surface area contributed by atoms with E-state index >= 15 is 0 Å². The Balaban J connectivity index is 2.46. The van der Waals surface area contributed by atoms with Crippen molar-refractivity contribution in [2.75, 3.05) is 19.6 Å². The molecule has 0 bridgehead atoms. The first-order valence-corrected chi connectivity index (χ1v) is 7.63. The molecule has 1 rings (SSSR count). The molecule has 1 aliphatic rings. The molecule has 0 radical (unpaired) electrons. The van der Waals surface area contributed by atoms with E-state index in [1.54, 1.807) is 0 Å². The van der Waals surface area contributed by atoms with Crippen molar-refractivity contribution in [2.45, 2.75) is 65.0 Å². The maximum atomic E-state index is 11.6. The number of hydrogen-bond acceptors (Lipinski definition) is 3. The first-order valence-electron chi connectivity index (χ1n) is 7.63. The van der Waals surface area contributed by atoms with Crippen LogP contribution in [0.3, 0.4) is 0 Å². The zero-order chi connectivity index (χ0) is 14.5. The molecular weight excluding hydrogens is 240 g/mol. The van der Waals surface area contributed by atoms with Gasteiger partial charge in [0.2, 0.25) is 0 Å². The molecule has 2 N–H and O–H groups in total. The number of hydrogen-bond donors (Lipinski definition) is 2. The standard InChI is InChI=1S/C15H30N2O2/c1-5-15(14(18)19,16-12(2)3)8-6-9-17-10-7-13(4)11-17/h12-13,16H,5-11H2,1-4H3,(H,18,19). The van der Waals surface area contributed by atoms with Crippen LogP contribution in [0.25, 0.3) is 0 Å². The van der Waals surface area contributed by atoms with Gasteiger partial charge in [-0.2, -0.15) is 0 Å². The molecule has 112 valence electrons. The van der Waals surface area contributed by atoms with Crippen LogP contribution in [-0.4, -0.2) is 47.2 Å². The highest BCUT2D eigenvalue weighted by molar-refractivity contribution is 5.78. The Bertz CT molecular complexity index is 294. The molecular formula is C15H30N2O2. The molecule has 1 saturated heterocycles. The topological polar surface area (TPSA) is 52.6 Å². The molecule has 2 unspecified atom stereocenters. The van der Waals surface area contributed by atoms with E-state index in [4.69, 9.17) is 0 Å². The third-order valence-corrected chi connectivity index (χ3v) is 4.16. The van der Waals surface area contributed by atoms with Crippen molar-refractivity contribution in [3.8, 4) is 0 Å². The second-order valence-electron chi connectivity index (χ2n) is 6.34. The van der Waals surface area contributed by atoms with Gasteiger partial charge in [0, 0.05) is 12.6 Å². The molecule has 0 aromatic heterocycles. The summed E-state index contributed by atoms with van der Waals surface area (Å²) in [5.74, 6) is 0.0858. The SMILES string of the molecule is CCC(CCCN1CCC(C)C1)(NC(C)C)C(=O)O. The van der Waals surface area contributed by atoms with Crippen LogP contribution in [0.5, 0.6) is 0 Å². The Morgan fingerprint density at radius 1 is 1.53 bits per heavy atom. The van der Waals surface area contributed by atoms with Crippen LogP contribution in [0.4, 0.5) is 0 Å². The Morgan fingerprint density at radius 2 is 2.21 bits per heavy atom. The first kappa shape index (κ1) is 16.4. The Morgan fingerprint density at radius 3 is 2.63 bits per heavy atom. The largest absolute Gasteiger partial charge is 0.480 e. The van der Waals surface area contributed by atoms with Crippen LogP contribution < -0.4 is 5.32 Å². The summed E-state index contributed by atoms with van der Waals surface area (Å²) in [6.45, 7) is 11.6. The summed E-state index contributed by atoms with van der Waals surface area (Å²) in [5.41, 5.74) is -0.750. The van der Waals surface area contributed by atoms with E-state index in [0.717, 1.165) is 18.9 Å². The van der Waals surface area contributed by atoms with Crippen LogP contribution in [0, 0.1) is 5.92 Å². The smallest absolute Gasteiger partial charge is 0.323 e. The van der Waals surface area contributed by atoms with Crippen molar-refractivity contribution in [2.24, 2.45) is 5.92 Å². The molecule has 0 aromatic carbocycles. The number of carboxylic acid groups (broad SMARTS) is 1. The van der Waals surface area contributed by atoms with Crippen molar-refractivity contribution in [3.63, 3.8) is 0 Å². The Kier molecular flexibility index (Phi) is 6.27. The van der Waals surface area contributed by atoms with Crippen molar-refractivity contribution in [1.29, 1.82) is 0 Å². The molecule has 0 amide bonds. The van der Waals surface area contributed by atoms with E-state index in [1.165, 1.54) is 19.5 Å². The number of rotatable bonds is 8. The summed E-state index contributed by atoms with van der Waals surface area (Å²) in [5, 5.41) is 12.8. The minimum absolute atomic E-state index is 0.197. The van der Waals surface area contributed by atoms with Crippen molar-refractivity contribution >= 4 is 5.97 Å². The molecule has 2 atom stereocenters. The van der Waals surface area contributed by atoms with Gasteiger partial charge in [0.25, 0.3) is 0 Å². The van der Waals surface area contributed by atoms with E-state index < -0.39 is 11.5 Å². The van der Waals surface area contributed by atoms with Gasteiger partial charge in [-0.05, 0) is 58.5 Å². The minimum atomic E-state index is -0.750. The van der Waals surface area contributed by atoms with Gasteiger partial charge in [0.05, 0.1) is 0 Å². The van der Waals surface area contributed by atoms with Gasteiger partial charge in [-0.15, -0.1) is 0 Å². The number of aliphatic carboxylic acids is 1. The number of carbonyl (C=O) groups is 1. The molecule has 4 heteroatoms. The van der Waals surface area contributed by atoms with E-state index in [-0.39, 0.29) is 6.04 Å². The zero-order valence-electron chi connectivity index (χ0n) is 12.9. The fourth-order valence-corrected chi connectivity index (χ4v) is 3.06. The molecule has 4 nitrogen and oxygen atoms in total. The number of nitrogens with one attached hydrogen (secondary N) is 1. The average Bonchev–Trinajstić information content (AvgIpc) is 2.73. The van der Waals surface area contributed by atoms with Crippen LogP contribution in [0.2, 0.25) is 0 Å². The summed E-state index contributed by atoms with van der Waals surface area (Å²) in [7, 11) is 0. The van der Waals surface area contributed by atoms with Crippen LogP contribution in [0.15, 0.2) is 0 Å². The molecule has 0 spiro atoms. The number of carboxylic acids is 1. The van der Waals surface area contributed by atoms with Gasteiger partial charge >= 0.3 is 5.97 Å². The Labute approximate surface area is 117 Å². The molecule has 0 aliphatic carbocycles. The van der Waals surface area contributed by atoms with E-state index in [2.05, 4.69) is 17.1 Å². The fraction of sp³-hybridized carbons (Fsp3) is 0.933. The van der Waals surface area contributed by atoms with E-state index in [1.807, 2.05) is 20.8 Å². The molecule has 1 aliphatic heterocycles. The summed E-state index contributed by atoms with van der Waals surface area (Å²) in [6, 6.07) is 0.197. The lowest BCUT2D eigenvalue weighted by atomic mass is 9.89. The third kappa shape index (κ3) is 4.77. The Hall–Kier alpha value is -0.610. The van der Waals surface area contributed by atoms with Gasteiger partial charge in [0.15, 0.2) is 0 Å². The summed E-state index contributed by atoms with van der Waals surface area (Å²) in [4.78, 5) is 14.1. The molecule has 1 heterocycles. The van der Waals surface area contributed by atoms with Gasteiger partial charge in [-0.3, -0.25) is 10.1 Å². The fourth-order valence-electron chi connectivity index (χ4n) is 3.06. The summed E-state index contributed by atoms with van der Waals surface area (Å²) in [6.07, 6.45) is 3.58. The highest BCUT2D eigenvalue weighted by Crippen LogP contribution is 2.21. The van der Waals surface area contributed by atoms with Crippen LogP contribution in [-0.2, 0) is 4.79 Å². The molecule has 0 aromatic rings. The predicted molar refractivity (Wildman–Crippen MR) is 78.4 cm³/mol. The summed E-state index contributed by atoms with van der Waals surface area (Å²) < 4.78 is 0. The highest BCUT2D eigenvalue weighted by atomic mass is 16.4. The van der Waals surface area contributed by atoms with E-state index in [9.17, 15) is 9.90 Å². The summed E-state index contributed by atoms with van der Waals surface area (Å²) >= 11 is 0. The first-order chi connectivity index (χ1) is 8.89. The van der Waals surface area contributed by atoms with Gasteiger partial charge < -0.3 is 10.0 Å². The molecule has 0 saturated carbocycles. The zero-order valence-corrected chi connectivity index (χ0v) is 12.9. The quantitative estimate of drug-likeness (QED) is 0.711. The van der Waals surface area contributed by atoms with Gasteiger partial charge in [-0.1, -0.05) is 13.8 Å².